The van der Waals surface area contributed by atoms with Crippen molar-refractivity contribution in [3.8, 4) is 5.75 Å². The third-order valence-electron chi connectivity index (χ3n) is 7.31. The Morgan fingerprint density at radius 2 is 1.67 bits per heavy atom. The zero-order valence-electron chi connectivity index (χ0n) is 20.7. The van der Waals surface area contributed by atoms with E-state index in [1.807, 2.05) is 24.3 Å². The highest BCUT2D eigenvalue weighted by Gasteiger charge is 2.37. The molecule has 0 spiro atoms. The van der Waals surface area contributed by atoms with Crippen molar-refractivity contribution in [2.75, 3.05) is 39.8 Å². The summed E-state index contributed by atoms with van der Waals surface area (Å²) in [6, 6.07) is 13.4. The highest BCUT2D eigenvalue weighted by Crippen LogP contribution is 2.31. The SMILES string of the molecule is COc1ccc(CCNC(=O)C(C2CCCC2)N2CCN(C(=O)c3ccc([N+](=O)[O-])cc3)CC2)cc1. The summed E-state index contributed by atoms with van der Waals surface area (Å²) in [5.41, 5.74) is 1.55. The predicted molar refractivity (Wildman–Crippen MR) is 136 cm³/mol. The van der Waals surface area contributed by atoms with E-state index in [1.165, 1.54) is 24.3 Å². The van der Waals surface area contributed by atoms with E-state index in [4.69, 9.17) is 4.74 Å². The summed E-state index contributed by atoms with van der Waals surface area (Å²) in [4.78, 5) is 40.7. The first-order chi connectivity index (χ1) is 17.5. The average Bonchev–Trinajstić information content (AvgIpc) is 3.43. The molecule has 192 valence electrons. The van der Waals surface area contributed by atoms with E-state index in [0.29, 0.717) is 44.2 Å². The lowest BCUT2D eigenvalue weighted by Gasteiger charge is -2.40. The minimum atomic E-state index is -0.474. The molecule has 36 heavy (non-hydrogen) atoms. The summed E-state index contributed by atoms with van der Waals surface area (Å²) < 4.78 is 5.20. The lowest BCUT2D eigenvalue weighted by Crippen LogP contribution is -2.58. The molecule has 2 fully saturated rings. The molecular weight excluding hydrogens is 460 g/mol. The minimum Gasteiger partial charge on any atom is -0.497 e. The molecule has 1 unspecified atom stereocenters. The number of rotatable bonds is 9. The second kappa shape index (κ2) is 12.0. The van der Waals surface area contributed by atoms with Crippen LogP contribution in [0, 0.1) is 16.0 Å². The van der Waals surface area contributed by atoms with Crippen LogP contribution in [0.25, 0.3) is 0 Å². The van der Waals surface area contributed by atoms with Crippen LogP contribution in [0.3, 0.4) is 0 Å². The van der Waals surface area contributed by atoms with Crippen molar-refractivity contribution >= 4 is 17.5 Å². The predicted octanol–water partition coefficient (Wildman–Crippen LogP) is 3.28. The van der Waals surface area contributed by atoms with Crippen molar-refractivity contribution in [1.82, 2.24) is 15.1 Å². The van der Waals surface area contributed by atoms with Gasteiger partial charge in [0.15, 0.2) is 0 Å². The molecule has 1 saturated heterocycles. The molecule has 1 N–H and O–H groups in total. The molecule has 1 heterocycles. The van der Waals surface area contributed by atoms with Crippen molar-refractivity contribution in [3.63, 3.8) is 0 Å². The number of ether oxygens (including phenoxy) is 1. The van der Waals surface area contributed by atoms with Crippen molar-refractivity contribution in [2.24, 2.45) is 5.92 Å². The van der Waals surface area contributed by atoms with Gasteiger partial charge in [-0.3, -0.25) is 24.6 Å². The van der Waals surface area contributed by atoms with Gasteiger partial charge >= 0.3 is 0 Å². The number of hydrogen-bond acceptors (Lipinski definition) is 6. The van der Waals surface area contributed by atoms with E-state index >= 15 is 0 Å². The largest absolute Gasteiger partial charge is 0.497 e. The smallest absolute Gasteiger partial charge is 0.269 e. The molecule has 0 aromatic heterocycles. The molecule has 2 aliphatic rings. The number of methoxy groups -OCH3 is 1. The fourth-order valence-electron chi connectivity index (χ4n) is 5.29. The lowest BCUT2D eigenvalue weighted by atomic mass is 9.94. The fraction of sp³-hybridized carbons (Fsp3) is 0.481. The van der Waals surface area contributed by atoms with Crippen LogP contribution in [0.4, 0.5) is 5.69 Å². The average molecular weight is 495 g/mol. The molecule has 1 saturated carbocycles. The summed E-state index contributed by atoms with van der Waals surface area (Å²) in [7, 11) is 1.64. The van der Waals surface area contributed by atoms with Crippen LogP contribution >= 0.6 is 0 Å². The monoisotopic (exact) mass is 494 g/mol. The Kier molecular flexibility index (Phi) is 8.53. The van der Waals surface area contributed by atoms with E-state index < -0.39 is 4.92 Å². The Bertz CT molecular complexity index is 1040. The Hall–Kier alpha value is -3.46. The summed E-state index contributed by atoms with van der Waals surface area (Å²) in [5, 5.41) is 14.0. The number of amides is 2. The van der Waals surface area contributed by atoms with Crippen LogP contribution in [-0.4, -0.2) is 72.4 Å². The maximum atomic E-state index is 13.3. The third kappa shape index (κ3) is 6.20. The Balaban J connectivity index is 1.33. The van der Waals surface area contributed by atoms with Gasteiger partial charge in [0.1, 0.15) is 5.75 Å². The number of nitro groups is 1. The standard InChI is InChI=1S/C27H34N4O5/c1-36-24-12-6-20(7-13-24)14-15-28-26(32)25(21-4-2-3-5-21)29-16-18-30(19-17-29)27(33)22-8-10-23(11-9-22)31(34)35/h6-13,21,25H,2-5,14-19H2,1H3,(H,28,32). The number of carbonyl (C=O) groups excluding carboxylic acids is 2. The lowest BCUT2D eigenvalue weighted by molar-refractivity contribution is -0.384. The minimum absolute atomic E-state index is 0.0335. The summed E-state index contributed by atoms with van der Waals surface area (Å²) in [5.74, 6) is 1.09. The van der Waals surface area contributed by atoms with Crippen molar-refractivity contribution in [1.29, 1.82) is 0 Å². The van der Waals surface area contributed by atoms with Crippen LogP contribution in [-0.2, 0) is 11.2 Å². The Labute approximate surface area is 211 Å². The second-order valence-corrected chi connectivity index (χ2v) is 9.51. The number of hydrogen-bond donors (Lipinski definition) is 1. The fourth-order valence-corrected chi connectivity index (χ4v) is 5.29. The molecule has 2 aromatic carbocycles. The number of benzene rings is 2. The highest BCUT2D eigenvalue weighted by molar-refractivity contribution is 5.94. The number of piperazine rings is 1. The number of nitrogens with one attached hydrogen (secondary N) is 1. The van der Waals surface area contributed by atoms with Gasteiger partial charge < -0.3 is 15.0 Å². The quantitative estimate of drug-likeness (QED) is 0.424. The highest BCUT2D eigenvalue weighted by atomic mass is 16.6. The Morgan fingerprint density at radius 3 is 2.25 bits per heavy atom. The first-order valence-corrected chi connectivity index (χ1v) is 12.6. The summed E-state index contributed by atoms with van der Waals surface area (Å²) >= 11 is 0. The number of carbonyl (C=O) groups is 2. The van der Waals surface area contributed by atoms with Crippen LogP contribution in [0.15, 0.2) is 48.5 Å². The van der Waals surface area contributed by atoms with Crippen LogP contribution < -0.4 is 10.1 Å². The van der Waals surface area contributed by atoms with E-state index in [0.717, 1.165) is 43.4 Å². The zero-order chi connectivity index (χ0) is 25.5. The normalized spacial score (nSPS) is 17.5. The maximum absolute atomic E-state index is 13.3. The molecular formula is C27H34N4O5. The van der Waals surface area contributed by atoms with Crippen molar-refractivity contribution in [3.05, 3.63) is 69.8 Å². The summed E-state index contributed by atoms with van der Waals surface area (Å²) in [6.45, 7) is 2.89. The van der Waals surface area contributed by atoms with E-state index in [-0.39, 0.29) is 23.5 Å². The van der Waals surface area contributed by atoms with Crippen LogP contribution in [0.5, 0.6) is 5.75 Å². The molecule has 2 amide bonds. The van der Waals surface area contributed by atoms with E-state index in [9.17, 15) is 19.7 Å². The topological polar surface area (TPSA) is 105 Å². The molecule has 2 aromatic rings. The molecule has 4 rings (SSSR count). The summed E-state index contributed by atoms with van der Waals surface area (Å²) in [6.07, 6.45) is 5.17. The van der Waals surface area contributed by atoms with Gasteiger partial charge in [-0.2, -0.15) is 0 Å². The van der Waals surface area contributed by atoms with E-state index in [1.54, 1.807) is 12.0 Å². The van der Waals surface area contributed by atoms with Crippen molar-refractivity contribution < 1.29 is 19.2 Å². The van der Waals surface area contributed by atoms with Gasteiger partial charge in [0.25, 0.3) is 11.6 Å². The van der Waals surface area contributed by atoms with Gasteiger partial charge in [0.05, 0.1) is 18.1 Å². The molecule has 1 aliphatic carbocycles. The number of nitro benzene ring substituents is 1. The number of non-ortho nitro benzene ring substituents is 1. The van der Waals surface area contributed by atoms with Gasteiger partial charge in [0, 0.05) is 50.4 Å². The molecule has 9 heteroatoms. The van der Waals surface area contributed by atoms with Crippen LogP contribution in [0.2, 0.25) is 0 Å². The van der Waals surface area contributed by atoms with Gasteiger partial charge in [0.2, 0.25) is 5.91 Å². The molecule has 1 atom stereocenters. The zero-order valence-corrected chi connectivity index (χ0v) is 20.7. The maximum Gasteiger partial charge on any atom is 0.269 e. The third-order valence-corrected chi connectivity index (χ3v) is 7.31. The van der Waals surface area contributed by atoms with Crippen molar-refractivity contribution in [2.45, 2.75) is 38.1 Å². The second-order valence-electron chi connectivity index (χ2n) is 9.51. The number of nitrogens with zero attached hydrogens (tertiary/aromatic N) is 3. The van der Waals surface area contributed by atoms with Gasteiger partial charge in [-0.15, -0.1) is 0 Å². The van der Waals surface area contributed by atoms with Gasteiger partial charge in [-0.1, -0.05) is 25.0 Å². The molecule has 9 nitrogen and oxygen atoms in total. The van der Waals surface area contributed by atoms with Gasteiger partial charge in [-0.05, 0) is 55.0 Å². The molecule has 0 bridgehead atoms. The molecule has 1 aliphatic heterocycles. The van der Waals surface area contributed by atoms with Gasteiger partial charge in [-0.25, -0.2) is 0 Å². The Morgan fingerprint density at radius 1 is 1.03 bits per heavy atom. The van der Waals surface area contributed by atoms with Crippen LogP contribution in [0.1, 0.15) is 41.6 Å². The molecule has 0 radical (unpaired) electrons. The first-order valence-electron chi connectivity index (χ1n) is 12.6. The van der Waals surface area contributed by atoms with E-state index in [2.05, 4.69) is 10.2 Å². The first kappa shape index (κ1) is 25.6.